The van der Waals surface area contributed by atoms with Gasteiger partial charge in [-0.15, -0.1) is 11.8 Å². The molecule has 0 bridgehead atoms. The van der Waals surface area contributed by atoms with E-state index in [-0.39, 0.29) is 11.9 Å². The second-order valence-corrected chi connectivity index (χ2v) is 6.47. The topological polar surface area (TPSA) is 67.1 Å². The number of aromatic nitrogens is 3. The molecule has 0 aliphatic carbocycles. The molecule has 128 valence electrons. The molecule has 1 aromatic carbocycles. The van der Waals surface area contributed by atoms with Crippen LogP contribution in [0.15, 0.2) is 34.4 Å². The normalized spacial score (nSPS) is 17.5. The number of fused-ring (bicyclic) bond motifs is 1. The number of hydrogen-bond acceptors (Lipinski definition) is 4. The first-order valence-electron chi connectivity index (χ1n) is 7.86. The number of nitrogens with zero attached hydrogens (tertiary/aromatic N) is 4. The Morgan fingerprint density at radius 2 is 2.38 bits per heavy atom. The van der Waals surface area contributed by atoms with Crippen LogP contribution in [0.4, 0.5) is 4.39 Å². The summed E-state index contributed by atoms with van der Waals surface area (Å²) in [7, 11) is 1.74. The summed E-state index contributed by atoms with van der Waals surface area (Å²) in [5.41, 5.74) is 0.924. The summed E-state index contributed by atoms with van der Waals surface area (Å²) in [6.45, 7) is 1.29. The van der Waals surface area contributed by atoms with E-state index in [4.69, 9.17) is 0 Å². The van der Waals surface area contributed by atoms with Gasteiger partial charge in [0.05, 0.1) is 6.54 Å². The molecule has 1 atom stereocenters. The second-order valence-electron chi connectivity index (χ2n) is 5.62. The molecule has 2 aromatic rings. The van der Waals surface area contributed by atoms with Crippen molar-refractivity contribution in [1.29, 1.82) is 0 Å². The number of guanidine groups is 1. The number of aryl methyl sites for hydroxylation is 1. The molecule has 2 heterocycles. The fraction of sp³-hybridized carbons (Fsp3) is 0.438. The predicted molar refractivity (Wildman–Crippen MR) is 93.6 cm³/mol. The second kappa shape index (κ2) is 7.65. The lowest BCUT2D eigenvalue weighted by Gasteiger charge is -2.25. The van der Waals surface area contributed by atoms with E-state index in [1.807, 2.05) is 10.9 Å². The number of thioether (sulfide) groups is 1. The summed E-state index contributed by atoms with van der Waals surface area (Å²) < 4.78 is 15.4. The number of hydrogen-bond donors (Lipinski definition) is 2. The maximum Gasteiger partial charge on any atom is 0.191 e. The lowest BCUT2D eigenvalue weighted by molar-refractivity contribution is 0.392. The number of nitrogens with one attached hydrogen (secondary N) is 2. The van der Waals surface area contributed by atoms with Crippen LogP contribution in [0.25, 0.3) is 0 Å². The van der Waals surface area contributed by atoms with Gasteiger partial charge in [0.15, 0.2) is 5.96 Å². The molecule has 1 aliphatic heterocycles. The Labute approximate surface area is 145 Å². The van der Waals surface area contributed by atoms with E-state index < -0.39 is 0 Å². The SMILES string of the molecule is CN=C(NCc1cc(F)ccc1SC)NC1CCc2ncnn2C1. The molecule has 0 spiro atoms. The van der Waals surface area contributed by atoms with Crippen molar-refractivity contribution in [3.05, 3.63) is 41.7 Å². The quantitative estimate of drug-likeness (QED) is 0.501. The molecule has 0 saturated carbocycles. The average molecular weight is 348 g/mol. The molecule has 0 amide bonds. The van der Waals surface area contributed by atoms with Crippen molar-refractivity contribution in [2.75, 3.05) is 13.3 Å². The summed E-state index contributed by atoms with van der Waals surface area (Å²) in [4.78, 5) is 9.56. The van der Waals surface area contributed by atoms with Crippen molar-refractivity contribution in [3.8, 4) is 0 Å². The summed E-state index contributed by atoms with van der Waals surface area (Å²) in [5, 5.41) is 10.9. The Kier molecular flexibility index (Phi) is 5.34. The molecule has 1 aliphatic rings. The number of aliphatic imine (C=N–C) groups is 1. The van der Waals surface area contributed by atoms with Crippen molar-refractivity contribution in [3.63, 3.8) is 0 Å². The van der Waals surface area contributed by atoms with Gasteiger partial charge in [-0.25, -0.2) is 14.1 Å². The van der Waals surface area contributed by atoms with Gasteiger partial charge in [-0.05, 0) is 36.4 Å². The highest BCUT2D eigenvalue weighted by Gasteiger charge is 2.20. The minimum Gasteiger partial charge on any atom is -0.352 e. The predicted octanol–water partition coefficient (Wildman–Crippen LogP) is 1.82. The number of benzene rings is 1. The molecular formula is C16H21FN6S. The van der Waals surface area contributed by atoms with Gasteiger partial charge in [-0.3, -0.25) is 4.99 Å². The van der Waals surface area contributed by atoms with Gasteiger partial charge in [0.2, 0.25) is 0 Å². The van der Waals surface area contributed by atoms with Crippen molar-refractivity contribution in [2.24, 2.45) is 4.99 Å². The Bertz CT molecular complexity index is 729. The Morgan fingerprint density at radius 3 is 3.17 bits per heavy atom. The molecule has 2 N–H and O–H groups in total. The third kappa shape index (κ3) is 3.87. The first-order chi connectivity index (χ1) is 11.7. The molecular weight excluding hydrogens is 327 g/mol. The third-order valence-corrected chi connectivity index (χ3v) is 4.90. The number of rotatable bonds is 4. The van der Waals surface area contributed by atoms with Gasteiger partial charge in [-0.2, -0.15) is 5.10 Å². The molecule has 8 heteroatoms. The van der Waals surface area contributed by atoms with Crippen LogP contribution in [-0.4, -0.2) is 40.1 Å². The van der Waals surface area contributed by atoms with Gasteiger partial charge in [0.1, 0.15) is 18.0 Å². The van der Waals surface area contributed by atoms with E-state index >= 15 is 0 Å². The largest absolute Gasteiger partial charge is 0.352 e. The Balaban J connectivity index is 1.59. The van der Waals surface area contributed by atoms with Crippen LogP contribution in [-0.2, 0) is 19.5 Å². The molecule has 1 unspecified atom stereocenters. The van der Waals surface area contributed by atoms with Crippen LogP contribution in [0.1, 0.15) is 17.8 Å². The zero-order valence-corrected chi connectivity index (χ0v) is 14.6. The van der Waals surface area contributed by atoms with E-state index in [1.165, 1.54) is 6.07 Å². The molecule has 1 aromatic heterocycles. The van der Waals surface area contributed by atoms with Crippen molar-refractivity contribution < 1.29 is 4.39 Å². The van der Waals surface area contributed by atoms with Crippen molar-refractivity contribution in [2.45, 2.75) is 36.9 Å². The van der Waals surface area contributed by atoms with Crippen LogP contribution >= 0.6 is 11.8 Å². The Morgan fingerprint density at radius 1 is 1.50 bits per heavy atom. The van der Waals surface area contributed by atoms with E-state index in [2.05, 4.69) is 25.7 Å². The highest BCUT2D eigenvalue weighted by atomic mass is 32.2. The minimum atomic E-state index is -0.224. The first kappa shape index (κ1) is 16.8. The van der Waals surface area contributed by atoms with Gasteiger partial charge >= 0.3 is 0 Å². The highest BCUT2D eigenvalue weighted by molar-refractivity contribution is 7.98. The molecule has 0 radical (unpaired) electrons. The van der Waals surface area contributed by atoms with E-state index in [0.29, 0.717) is 12.5 Å². The Hall–Kier alpha value is -2.09. The standard InChI is InChI=1S/C16H21FN6S/c1-18-16(19-8-11-7-12(17)3-5-14(11)24-2)22-13-4-6-15-20-10-21-23(15)9-13/h3,5,7,10,13H,4,6,8-9H2,1-2H3,(H2,18,19,22). The maximum atomic E-state index is 13.5. The van der Waals surface area contributed by atoms with Gasteiger partial charge in [0, 0.05) is 31.0 Å². The van der Waals surface area contributed by atoms with E-state index in [9.17, 15) is 4.39 Å². The van der Waals surface area contributed by atoms with Gasteiger partial charge in [0.25, 0.3) is 0 Å². The maximum absolute atomic E-state index is 13.5. The molecule has 3 rings (SSSR count). The van der Waals surface area contributed by atoms with E-state index in [1.54, 1.807) is 37.3 Å². The van der Waals surface area contributed by atoms with Crippen LogP contribution in [0, 0.1) is 5.82 Å². The molecule has 0 fully saturated rings. The van der Waals surface area contributed by atoms with Gasteiger partial charge < -0.3 is 10.6 Å². The lowest BCUT2D eigenvalue weighted by Crippen LogP contribution is -2.46. The molecule has 6 nitrogen and oxygen atoms in total. The van der Waals surface area contributed by atoms with Crippen LogP contribution in [0.3, 0.4) is 0 Å². The zero-order valence-electron chi connectivity index (χ0n) is 13.8. The van der Waals surface area contributed by atoms with E-state index in [0.717, 1.165) is 35.7 Å². The summed E-state index contributed by atoms with van der Waals surface area (Å²) >= 11 is 1.61. The average Bonchev–Trinajstić information content (AvgIpc) is 3.06. The summed E-state index contributed by atoms with van der Waals surface area (Å²) in [5.74, 6) is 1.51. The first-order valence-corrected chi connectivity index (χ1v) is 9.08. The van der Waals surface area contributed by atoms with Gasteiger partial charge in [-0.1, -0.05) is 0 Å². The monoisotopic (exact) mass is 348 g/mol. The smallest absolute Gasteiger partial charge is 0.191 e. The zero-order chi connectivity index (χ0) is 16.9. The molecule has 24 heavy (non-hydrogen) atoms. The summed E-state index contributed by atoms with van der Waals surface area (Å²) in [6.07, 6.45) is 5.46. The fourth-order valence-corrected chi connectivity index (χ4v) is 3.41. The van der Waals surface area contributed by atoms with Crippen LogP contribution in [0.2, 0.25) is 0 Å². The number of halogens is 1. The minimum absolute atomic E-state index is 0.224. The lowest BCUT2D eigenvalue weighted by atomic mass is 10.1. The molecule has 0 saturated heterocycles. The van der Waals surface area contributed by atoms with Crippen molar-refractivity contribution in [1.82, 2.24) is 25.4 Å². The third-order valence-electron chi connectivity index (χ3n) is 4.06. The fourth-order valence-electron chi connectivity index (χ4n) is 2.81. The van der Waals surface area contributed by atoms with Crippen LogP contribution in [0.5, 0.6) is 0 Å². The van der Waals surface area contributed by atoms with Crippen LogP contribution < -0.4 is 10.6 Å². The summed E-state index contributed by atoms with van der Waals surface area (Å²) in [6, 6.07) is 5.10. The highest BCUT2D eigenvalue weighted by Crippen LogP contribution is 2.21. The van der Waals surface area contributed by atoms with Crippen molar-refractivity contribution >= 4 is 17.7 Å².